The lowest BCUT2D eigenvalue weighted by molar-refractivity contribution is -0.0285. The van der Waals surface area contributed by atoms with E-state index in [2.05, 4.69) is 22.9 Å². The van der Waals surface area contributed by atoms with Gasteiger partial charge in [-0.1, -0.05) is 0 Å². The van der Waals surface area contributed by atoms with Crippen molar-refractivity contribution in [1.82, 2.24) is 0 Å². The molecule has 0 aromatic carbocycles. The van der Waals surface area contributed by atoms with Gasteiger partial charge in [-0.2, -0.15) is 0 Å². The summed E-state index contributed by atoms with van der Waals surface area (Å²) in [5.74, 6) is 0. The van der Waals surface area contributed by atoms with Crippen molar-refractivity contribution in [1.29, 1.82) is 0 Å². The highest BCUT2D eigenvalue weighted by Crippen LogP contribution is 2.37. The molecule has 15 heavy (non-hydrogen) atoms. The molecule has 3 unspecified atom stereocenters. The summed E-state index contributed by atoms with van der Waals surface area (Å²) in [6, 6.07) is 2.04. The summed E-state index contributed by atoms with van der Waals surface area (Å²) in [5, 5.41) is 10.2. The normalized spacial score (nSPS) is 28.3. The van der Waals surface area contributed by atoms with Crippen LogP contribution in [0, 0.1) is 6.92 Å². The van der Waals surface area contributed by atoms with Crippen molar-refractivity contribution in [3.05, 3.63) is 20.3 Å². The van der Waals surface area contributed by atoms with Crippen molar-refractivity contribution in [2.45, 2.75) is 45.0 Å². The summed E-state index contributed by atoms with van der Waals surface area (Å²) in [5.41, 5.74) is 0. The first-order chi connectivity index (χ1) is 7.08. The van der Waals surface area contributed by atoms with Gasteiger partial charge in [0.25, 0.3) is 0 Å². The Kier molecular flexibility index (Phi) is 3.50. The summed E-state index contributed by atoms with van der Waals surface area (Å²) in [6.45, 7) is 4.10. The highest BCUT2D eigenvalue weighted by Gasteiger charge is 2.31. The van der Waals surface area contributed by atoms with Gasteiger partial charge in [0.2, 0.25) is 0 Å². The summed E-state index contributed by atoms with van der Waals surface area (Å²) >= 11 is 5.11. The highest BCUT2D eigenvalue weighted by molar-refractivity contribution is 9.10. The first-order valence-electron chi connectivity index (χ1n) is 5.17. The molecular weight excluding hydrogens is 276 g/mol. The topological polar surface area (TPSA) is 29.5 Å². The zero-order valence-electron chi connectivity index (χ0n) is 8.87. The van der Waals surface area contributed by atoms with E-state index in [0.717, 1.165) is 22.2 Å². The molecule has 1 aromatic heterocycles. The largest absolute Gasteiger partial charge is 0.385 e. The predicted octanol–water partition coefficient (Wildman–Crippen LogP) is 3.42. The fourth-order valence-electron chi connectivity index (χ4n) is 1.94. The second-order valence-corrected chi connectivity index (χ2v) is 6.22. The van der Waals surface area contributed by atoms with Crippen LogP contribution in [0.1, 0.15) is 35.6 Å². The molecule has 1 aromatic rings. The number of hydrogen-bond donors (Lipinski definition) is 1. The lowest BCUT2D eigenvalue weighted by atomic mass is 10.1. The molecular formula is C11H15BrO2S. The number of ether oxygens (including phenoxy) is 1. The van der Waals surface area contributed by atoms with E-state index in [9.17, 15) is 5.11 Å². The second kappa shape index (κ2) is 4.53. The lowest BCUT2D eigenvalue weighted by Gasteiger charge is -2.17. The van der Waals surface area contributed by atoms with Crippen LogP contribution in [0.4, 0.5) is 0 Å². The fourth-order valence-corrected chi connectivity index (χ4v) is 3.86. The van der Waals surface area contributed by atoms with Gasteiger partial charge in [0.05, 0.1) is 17.1 Å². The standard InChI is InChI=1S/C11H15BrO2S/c1-6-3-4-9(14-6)10(13)11-8(12)5-7(2)15-11/h5-6,9-10,13H,3-4H2,1-2H3. The number of rotatable bonds is 2. The Labute approximate surface area is 102 Å². The van der Waals surface area contributed by atoms with Crippen molar-refractivity contribution in [2.75, 3.05) is 0 Å². The molecule has 1 saturated heterocycles. The number of thiophene rings is 1. The van der Waals surface area contributed by atoms with Gasteiger partial charge in [-0.15, -0.1) is 11.3 Å². The van der Waals surface area contributed by atoms with E-state index in [4.69, 9.17) is 4.74 Å². The summed E-state index contributed by atoms with van der Waals surface area (Å²) < 4.78 is 6.68. The molecule has 0 spiro atoms. The van der Waals surface area contributed by atoms with Crippen LogP contribution >= 0.6 is 27.3 Å². The molecule has 2 heterocycles. The van der Waals surface area contributed by atoms with Gasteiger partial charge < -0.3 is 9.84 Å². The Morgan fingerprint density at radius 2 is 2.33 bits per heavy atom. The molecule has 2 rings (SSSR count). The maximum absolute atomic E-state index is 10.2. The van der Waals surface area contributed by atoms with Gasteiger partial charge in [0.15, 0.2) is 0 Å². The van der Waals surface area contributed by atoms with Crippen LogP contribution in [-0.2, 0) is 4.74 Å². The van der Waals surface area contributed by atoms with Gasteiger partial charge in [-0.25, -0.2) is 0 Å². The average molecular weight is 291 g/mol. The van der Waals surface area contributed by atoms with E-state index < -0.39 is 6.10 Å². The zero-order valence-corrected chi connectivity index (χ0v) is 11.3. The molecule has 0 saturated carbocycles. The van der Waals surface area contributed by atoms with Crippen LogP contribution in [0.3, 0.4) is 0 Å². The van der Waals surface area contributed by atoms with E-state index in [1.54, 1.807) is 11.3 Å². The Morgan fingerprint density at radius 3 is 2.80 bits per heavy atom. The molecule has 0 bridgehead atoms. The molecule has 0 amide bonds. The molecule has 1 aliphatic rings. The summed E-state index contributed by atoms with van der Waals surface area (Å²) in [6.07, 6.45) is 1.76. The molecule has 0 radical (unpaired) electrons. The van der Waals surface area contributed by atoms with Gasteiger partial charge in [0, 0.05) is 9.35 Å². The number of aryl methyl sites for hydroxylation is 1. The van der Waals surface area contributed by atoms with Crippen LogP contribution in [-0.4, -0.2) is 17.3 Å². The van der Waals surface area contributed by atoms with Gasteiger partial charge >= 0.3 is 0 Å². The predicted molar refractivity (Wildman–Crippen MR) is 65.3 cm³/mol. The minimum Gasteiger partial charge on any atom is -0.385 e. The zero-order chi connectivity index (χ0) is 11.0. The molecule has 1 fully saturated rings. The van der Waals surface area contributed by atoms with Crippen LogP contribution in [0.25, 0.3) is 0 Å². The Balaban J connectivity index is 2.13. The lowest BCUT2D eigenvalue weighted by Crippen LogP contribution is -2.17. The summed E-state index contributed by atoms with van der Waals surface area (Å²) in [7, 11) is 0. The van der Waals surface area contributed by atoms with E-state index in [-0.39, 0.29) is 12.2 Å². The minimum atomic E-state index is -0.483. The first kappa shape index (κ1) is 11.6. The molecule has 1 aliphatic heterocycles. The van der Waals surface area contributed by atoms with Gasteiger partial charge in [-0.05, 0) is 48.7 Å². The monoisotopic (exact) mass is 290 g/mol. The van der Waals surface area contributed by atoms with E-state index in [1.165, 1.54) is 4.88 Å². The quantitative estimate of drug-likeness (QED) is 0.904. The third kappa shape index (κ3) is 2.44. The molecule has 0 aliphatic carbocycles. The van der Waals surface area contributed by atoms with Crippen molar-refractivity contribution in [2.24, 2.45) is 0 Å². The SMILES string of the molecule is Cc1cc(Br)c(C(O)C2CCC(C)O2)s1. The number of aliphatic hydroxyl groups is 1. The molecule has 4 heteroatoms. The second-order valence-electron chi connectivity index (χ2n) is 4.08. The van der Waals surface area contributed by atoms with Crippen molar-refractivity contribution >= 4 is 27.3 Å². The Bertz CT molecular complexity index is 350. The molecule has 1 N–H and O–H groups in total. The Hall–Kier alpha value is 0.1000. The molecule has 2 nitrogen and oxygen atoms in total. The van der Waals surface area contributed by atoms with E-state index in [1.807, 2.05) is 13.0 Å². The maximum atomic E-state index is 10.2. The minimum absolute atomic E-state index is 0.0330. The van der Waals surface area contributed by atoms with Crippen LogP contribution < -0.4 is 0 Å². The molecule has 84 valence electrons. The number of aliphatic hydroxyl groups excluding tert-OH is 1. The van der Waals surface area contributed by atoms with E-state index in [0.29, 0.717) is 0 Å². The highest BCUT2D eigenvalue weighted by atomic mass is 79.9. The van der Waals surface area contributed by atoms with Crippen molar-refractivity contribution in [3.63, 3.8) is 0 Å². The first-order valence-corrected chi connectivity index (χ1v) is 6.78. The summed E-state index contributed by atoms with van der Waals surface area (Å²) in [4.78, 5) is 2.20. The Morgan fingerprint density at radius 1 is 1.60 bits per heavy atom. The smallest absolute Gasteiger partial charge is 0.115 e. The fraction of sp³-hybridized carbons (Fsp3) is 0.636. The third-order valence-electron chi connectivity index (χ3n) is 2.72. The number of halogens is 1. The van der Waals surface area contributed by atoms with E-state index >= 15 is 0 Å². The van der Waals surface area contributed by atoms with Crippen LogP contribution in [0.15, 0.2) is 10.5 Å². The van der Waals surface area contributed by atoms with Gasteiger partial charge in [0.1, 0.15) is 6.10 Å². The maximum Gasteiger partial charge on any atom is 0.115 e. The van der Waals surface area contributed by atoms with Crippen LogP contribution in [0.2, 0.25) is 0 Å². The van der Waals surface area contributed by atoms with Crippen LogP contribution in [0.5, 0.6) is 0 Å². The number of hydrogen-bond acceptors (Lipinski definition) is 3. The van der Waals surface area contributed by atoms with Crippen molar-refractivity contribution in [3.8, 4) is 0 Å². The third-order valence-corrected chi connectivity index (χ3v) is 4.76. The molecule has 3 atom stereocenters. The average Bonchev–Trinajstić information content (AvgIpc) is 2.71. The van der Waals surface area contributed by atoms with Gasteiger partial charge in [-0.3, -0.25) is 0 Å². The van der Waals surface area contributed by atoms with Crippen molar-refractivity contribution < 1.29 is 9.84 Å².